The SMILES string of the molecule is O=C(Nc1cncc(Cc2ccccc2)c1)c1n[nH]c2ccc(-c3cncc(N4CCOCC4)c3)cc12. The van der Waals surface area contributed by atoms with Gasteiger partial charge in [-0.3, -0.25) is 19.9 Å². The summed E-state index contributed by atoms with van der Waals surface area (Å²) in [6.07, 6.45) is 7.93. The van der Waals surface area contributed by atoms with Crippen molar-refractivity contribution in [1.82, 2.24) is 20.2 Å². The minimum atomic E-state index is -0.290. The second-order valence-electron chi connectivity index (χ2n) is 9.06. The number of benzene rings is 2. The van der Waals surface area contributed by atoms with Gasteiger partial charge in [0.25, 0.3) is 5.91 Å². The highest BCUT2D eigenvalue weighted by Gasteiger charge is 2.17. The number of amides is 1. The van der Waals surface area contributed by atoms with E-state index in [4.69, 9.17) is 4.74 Å². The summed E-state index contributed by atoms with van der Waals surface area (Å²) < 4.78 is 5.47. The molecule has 2 N–H and O–H groups in total. The summed E-state index contributed by atoms with van der Waals surface area (Å²) in [4.78, 5) is 24.3. The number of rotatable bonds is 6. The van der Waals surface area contributed by atoms with E-state index < -0.39 is 0 Å². The molecule has 2 aromatic carbocycles. The molecule has 3 aromatic heterocycles. The molecule has 1 aliphatic rings. The lowest BCUT2D eigenvalue weighted by Crippen LogP contribution is -2.36. The third-order valence-electron chi connectivity index (χ3n) is 6.52. The molecule has 1 amide bonds. The van der Waals surface area contributed by atoms with Crippen LogP contribution in [0.25, 0.3) is 22.0 Å². The highest BCUT2D eigenvalue weighted by Crippen LogP contribution is 2.28. The van der Waals surface area contributed by atoms with Crippen LogP contribution in [0, 0.1) is 0 Å². The van der Waals surface area contributed by atoms with E-state index in [1.54, 1.807) is 6.20 Å². The fraction of sp³-hybridized carbons (Fsp3) is 0.172. The van der Waals surface area contributed by atoms with Gasteiger partial charge in [0.2, 0.25) is 0 Å². The number of H-pyrrole nitrogens is 1. The number of aromatic amines is 1. The van der Waals surface area contributed by atoms with Gasteiger partial charge in [0.05, 0.1) is 42.5 Å². The predicted octanol–water partition coefficient (Wildman–Crippen LogP) is 4.70. The van der Waals surface area contributed by atoms with Crippen molar-refractivity contribution >= 4 is 28.2 Å². The molecule has 8 nitrogen and oxygen atoms in total. The third-order valence-corrected chi connectivity index (χ3v) is 6.52. The Hall–Kier alpha value is -4.56. The van der Waals surface area contributed by atoms with E-state index in [1.165, 1.54) is 5.56 Å². The number of morpholine rings is 1. The maximum absolute atomic E-state index is 13.2. The van der Waals surface area contributed by atoms with Gasteiger partial charge in [-0.05, 0) is 47.4 Å². The van der Waals surface area contributed by atoms with Crippen molar-refractivity contribution < 1.29 is 9.53 Å². The lowest BCUT2D eigenvalue weighted by Gasteiger charge is -2.28. The highest BCUT2D eigenvalue weighted by atomic mass is 16.5. The molecule has 6 rings (SSSR count). The van der Waals surface area contributed by atoms with Gasteiger partial charge >= 0.3 is 0 Å². The summed E-state index contributed by atoms with van der Waals surface area (Å²) in [7, 11) is 0. The number of nitrogens with zero attached hydrogens (tertiary/aromatic N) is 4. The molecule has 0 unspecified atom stereocenters. The van der Waals surface area contributed by atoms with Crippen LogP contribution in [0.15, 0.2) is 85.5 Å². The summed E-state index contributed by atoms with van der Waals surface area (Å²) in [5.74, 6) is -0.290. The molecule has 4 heterocycles. The molecule has 0 spiro atoms. The minimum Gasteiger partial charge on any atom is -0.378 e. The molecule has 1 aliphatic heterocycles. The number of ether oxygens (including phenoxy) is 1. The molecule has 5 aromatic rings. The van der Waals surface area contributed by atoms with Crippen LogP contribution < -0.4 is 10.2 Å². The summed E-state index contributed by atoms with van der Waals surface area (Å²) >= 11 is 0. The molecular formula is C29H26N6O2. The molecule has 37 heavy (non-hydrogen) atoms. The zero-order valence-electron chi connectivity index (χ0n) is 20.2. The predicted molar refractivity (Wildman–Crippen MR) is 144 cm³/mol. The van der Waals surface area contributed by atoms with E-state index in [0.29, 0.717) is 24.6 Å². The second-order valence-corrected chi connectivity index (χ2v) is 9.06. The Morgan fingerprint density at radius 2 is 1.73 bits per heavy atom. The first kappa shape index (κ1) is 22.9. The molecule has 0 bridgehead atoms. The second kappa shape index (κ2) is 10.2. The van der Waals surface area contributed by atoms with E-state index in [-0.39, 0.29) is 5.91 Å². The molecule has 1 fully saturated rings. The highest BCUT2D eigenvalue weighted by molar-refractivity contribution is 6.11. The zero-order valence-corrected chi connectivity index (χ0v) is 20.2. The molecule has 0 saturated carbocycles. The summed E-state index contributed by atoms with van der Waals surface area (Å²) in [5.41, 5.74) is 6.98. The largest absolute Gasteiger partial charge is 0.378 e. The Morgan fingerprint density at radius 1 is 0.892 bits per heavy atom. The molecule has 1 saturated heterocycles. The van der Waals surface area contributed by atoms with Gasteiger partial charge in [0.1, 0.15) is 0 Å². The van der Waals surface area contributed by atoms with Crippen molar-refractivity contribution in [3.63, 3.8) is 0 Å². The Morgan fingerprint density at radius 3 is 2.59 bits per heavy atom. The third kappa shape index (κ3) is 5.05. The Kier molecular flexibility index (Phi) is 6.31. The van der Waals surface area contributed by atoms with Crippen molar-refractivity contribution in [1.29, 1.82) is 0 Å². The van der Waals surface area contributed by atoms with Crippen LogP contribution in [0.4, 0.5) is 11.4 Å². The van der Waals surface area contributed by atoms with E-state index in [0.717, 1.165) is 52.8 Å². The van der Waals surface area contributed by atoms with Gasteiger partial charge < -0.3 is 15.0 Å². The fourth-order valence-corrected chi connectivity index (χ4v) is 4.62. The molecule has 0 atom stereocenters. The van der Waals surface area contributed by atoms with Crippen molar-refractivity contribution in [3.05, 3.63) is 102 Å². The van der Waals surface area contributed by atoms with E-state index >= 15 is 0 Å². The maximum Gasteiger partial charge on any atom is 0.276 e. The lowest BCUT2D eigenvalue weighted by atomic mass is 10.0. The number of hydrogen-bond donors (Lipinski definition) is 2. The average Bonchev–Trinajstić information content (AvgIpc) is 3.38. The quantitative estimate of drug-likeness (QED) is 0.358. The van der Waals surface area contributed by atoms with Crippen molar-refractivity contribution in [2.45, 2.75) is 6.42 Å². The number of nitrogens with one attached hydrogen (secondary N) is 2. The summed E-state index contributed by atoms with van der Waals surface area (Å²) in [6.45, 7) is 3.12. The van der Waals surface area contributed by atoms with Gasteiger partial charge in [-0.2, -0.15) is 5.10 Å². The standard InChI is InChI=1S/C29H26N6O2/c36-29(32-24-13-21(16-30-18-24)12-20-4-2-1-3-5-20)28-26-15-22(6-7-27(26)33-34-28)23-14-25(19-31-17-23)35-8-10-37-11-9-35/h1-7,13-19H,8-12H2,(H,32,36)(H,33,34). The van der Waals surface area contributed by atoms with Crippen molar-refractivity contribution in [2.24, 2.45) is 0 Å². The Bertz CT molecular complexity index is 1540. The van der Waals surface area contributed by atoms with Crippen LogP contribution in [0.1, 0.15) is 21.6 Å². The van der Waals surface area contributed by atoms with Gasteiger partial charge in [-0.15, -0.1) is 0 Å². The first-order valence-corrected chi connectivity index (χ1v) is 12.3. The number of fused-ring (bicyclic) bond motifs is 1. The fourth-order valence-electron chi connectivity index (χ4n) is 4.62. The first-order valence-electron chi connectivity index (χ1n) is 12.3. The maximum atomic E-state index is 13.2. The topological polar surface area (TPSA) is 96.0 Å². The van der Waals surface area contributed by atoms with Gasteiger partial charge in [0, 0.05) is 36.4 Å². The molecular weight excluding hydrogens is 464 g/mol. The smallest absolute Gasteiger partial charge is 0.276 e. The van der Waals surface area contributed by atoms with Gasteiger partial charge in [0.15, 0.2) is 5.69 Å². The number of carbonyl (C=O) groups excluding carboxylic acids is 1. The van der Waals surface area contributed by atoms with Gasteiger partial charge in [-0.25, -0.2) is 0 Å². The summed E-state index contributed by atoms with van der Waals surface area (Å²) in [6, 6.07) is 20.2. The monoisotopic (exact) mass is 490 g/mol. The zero-order chi connectivity index (χ0) is 25.0. The van der Waals surface area contributed by atoms with Crippen LogP contribution in [0.2, 0.25) is 0 Å². The molecule has 0 aliphatic carbocycles. The Labute approximate surface area is 214 Å². The van der Waals surface area contributed by atoms with E-state index in [2.05, 4.69) is 48.6 Å². The van der Waals surface area contributed by atoms with Crippen LogP contribution >= 0.6 is 0 Å². The van der Waals surface area contributed by atoms with Gasteiger partial charge in [-0.1, -0.05) is 36.4 Å². The van der Waals surface area contributed by atoms with Crippen LogP contribution in [-0.2, 0) is 11.2 Å². The Balaban J connectivity index is 1.24. The van der Waals surface area contributed by atoms with E-state index in [1.807, 2.05) is 61.1 Å². The van der Waals surface area contributed by atoms with Crippen LogP contribution in [0.3, 0.4) is 0 Å². The molecule has 184 valence electrons. The molecule has 0 radical (unpaired) electrons. The van der Waals surface area contributed by atoms with Crippen LogP contribution in [-0.4, -0.2) is 52.4 Å². The number of anilines is 2. The van der Waals surface area contributed by atoms with Crippen molar-refractivity contribution in [2.75, 3.05) is 36.5 Å². The first-order chi connectivity index (χ1) is 18.2. The number of hydrogen-bond acceptors (Lipinski definition) is 6. The average molecular weight is 491 g/mol. The normalized spacial score (nSPS) is 13.6. The number of pyridine rings is 2. The van der Waals surface area contributed by atoms with Crippen molar-refractivity contribution in [3.8, 4) is 11.1 Å². The minimum absolute atomic E-state index is 0.290. The number of carbonyl (C=O) groups is 1. The van der Waals surface area contributed by atoms with Crippen LogP contribution in [0.5, 0.6) is 0 Å². The molecule has 8 heteroatoms. The number of aromatic nitrogens is 4. The lowest BCUT2D eigenvalue weighted by molar-refractivity contribution is 0.102. The summed E-state index contributed by atoms with van der Waals surface area (Å²) in [5, 5.41) is 11.0. The van der Waals surface area contributed by atoms with E-state index in [9.17, 15) is 4.79 Å².